The number of aromatic nitrogens is 2. The van der Waals surface area contributed by atoms with Crippen LogP contribution in [0, 0.1) is 0 Å². The van der Waals surface area contributed by atoms with E-state index in [9.17, 15) is 4.79 Å². The Kier molecular flexibility index (Phi) is 3.36. The highest BCUT2D eigenvalue weighted by Crippen LogP contribution is 1.98. The van der Waals surface area contributed by atoms with Gasteiger partial charge in [0.2, 0.25) is 0 Å². The zero-order valence-corrected chi connectivity index (χ0v) is 9.02. The first kappa shape index (κ1) is 11.6. The monoisotopic (exact) mass is 230 g/mol. The first-order chi connectivity index (χ1) is 8.16. The summed E-state index contributed by atoms with van der Waals surface area (Å²) in [5.74, 6) is 0. The van der Waals surface area contributed by atoms with Crippen molar-refractivity contribution in [3.63, 3.8) is 0 Å². The van der Waals surface area contributed by atoms with Crippen molar-refractivity contribution in [3.05, 3.63) is 58.5 Å². The smallest absolute Gasteiger partial charge is 0.423 e. The maximum atomic E-state index is 11.4. The van der Waals surface area contributed by atoms with Gasteiger partial charge in [-0.15, -0.1) is 0 Å². The van der Waals surface area contributed by atoms with Crippen LogP contribution in [-0.4, -0.2) is 26.9 Å². The van der Waals surface area contributed by atoms with Crippen molar-refractivity contribution in [2.75, 3.05) is 0 Å². The van der Waals surface area contributed by atoms with Crippen LogP contribution in [0.15, 0.2) is 47.4 Å². The molecule has 0 aliphatic rings. The van der Waals surface area contributed by atoms with E-state index in [4.69, 9.17) is 10.0 Å². The quantitative estimate of drug-likeness (QED) is 0.661. The fraction of sp³-hybridized carbons (Fsp3) is 0.0909. The topological polar surface area (TPSA) is 75.4 Å². The standard InChI is InChI=1S/C11H11BN2O3/c15-11-2-1-7-13-14(11)8-9-3-5-10(6-4-9)12(16)17/h1-7,16-17H,8H2. The molecule has 6 heteroatoms. The summed E-state index contributed by atoms with van der Waals surface area (Å²) in [5, 5.41) is 21.8. The van der Waals surface area contributed by atoms with E-state index in [1.54, 1.807) is 36.5 Å². The zero-order valence-electron chi connectivity index (χ0n) is 9.02. The van der Waals surface area contributed by atoms with Gasteiger partial charge in [0.05, 0.1) is 6.54 Å². The molecule has 0 atom stereocenters. The minimum atomic E-state index is -1.47. The van der Waals surface area contributed by atoms with Crippen molar-refractivity contribution in [1.82, 2.24) is 9.78 Å². The molecule has 1 aromatic carbocycles. The van der Waals surface area contributed by atoms with E-state index >= 15 is 0 Å². The molecule has 2 N–H and O–H groups in total. The van der Waals surface area contributed by atoms with Gasteiger partial charge in [-0.1, -0.05) is 24.3 Å². The molecule has 0 amide bonds. The Bertz CT molecular complexity index is 551. The van der Waals surface area contributed by atoms with Crippen LogP contribution in [0.1, 0.15) is 5.56 Å². The average molecular weight is 230 g/mol. The predicted octanol–water partition coefficient (Wildman–Crippen LogP) is -1.03. The zero-order chi connectivity index (χ0) is 12.3. The molecule has 2 aromatic rings. The Balaban J connectivity index is 2.20. The van der Waals surface area contributed by atoms with Crippen LogP contribution in [0.5, 0.6) is 0 Å². The van der Waals surface area contributed by atoms with E-state index in [1.807, 2.05) is 0 Å². The van der Waals surface area contributed by atoms with Crippen LogP contribution in [0.2, 0.25) is 0 Å². The Labute approximate surface area is 98.1 Å². The molecule has 0 saturated carbocycles. The van der Waals surface area contributed by atoms with Gasteiger partial charge in [0, 0.05) is 12.3 Å². The summed E-state index contributed by atoms with van der Waals surface area (Å²) in [5.41, 5.74) is 1.12. The van der Waals surface area contributed by atoms with E-state index in [-0.39, 0.29) is 5.56 Å². The van der Waals surface area contributed by atoms with Gasteiger partial charge in [0.1, 0.15) is 0 Å². The normalized spacial score (nSPS) is 10.2. The summed E-state index contributed by atoms with van der Waals surface area (Å²) in [6.45, 7) is 0.363. The molecule has 17 heavy (non-hydrogen) atoms. The van der Waals surface area contributed by atoms with Crippen molar-refractivity contribution in [2.45, 2.75) is 6.54 Å². The second kappa shape index (κ2) is 4.94. The van der Waals surface area contributed by atoms with E-state index in [1.165, 1.54) is 10.7 Å². The molecule has 86 valence electrons. The highest BCUT2D eigenvalue weighted by Gasteiger charge is 2.09. The fourth-order valence-electron chi connectivity index (χ4n) is 1.47. The molecule has 0 bridgehead atoms. The number of hydrogen-bond donors (Lipinski definition) is 2. The summed E-state index contributed by atoms with van der Waals surface area (Å²) in [6.07, 6.45) is 1.55. The van der Waals surface area contributed by atoms with Crippen LogP contribution in [0.25, 0.3) is 0 Å². The minimum absolute atomic E-state index is 0.168. The van der Waals surface area contributed by atoms with Gasteiger partial charge in [0.25, 0.3) is 5.56 Å². The summed E-state index contributed by atoms with van der Waals surface area (Å²) in [4.78, 5) is 11.4. The van der Waals surface area contributed by atoms with Gasteiger partial charge in [-0.25, -0.2) is 4.68 Å². The largest absolute Gasteiger partial charge is 0.488 e. The van der Waals surface area contributed by atoms with Gasteiger partial charge in [-0.05, 0) is 17.1 Å². The van der Waals surface area contributed by atoms with Crippen LogP contribution in [-0.2, 0) is 6.54 Å². The molecule has 0 aliphatic heterocycles. The average Bonchev–Trinajstić information content (AvgIpc) is 2.33. The molecule has 5 nitrogen and oxygen atoms in total. The number of benzene rings is 1. The van der Waals surface area contributed by atoms with Gasteiger partial charge in [0.15, 0.2) is 0 Å². The molecule has 0 fully saturated rings. The second-order valence-corrected chi connectivity index (χ2v) is 3.63. The molecule has 0 spiro atoms. The molecule has 1 heterocycles. The summed E-state index contributed by atoms with van der Waals surface area (Å²) in [6, 6.07) is 9.70. The number of rotatable bonds is 3. The lowest BCUT2D eigenvalue weighted by molar-refractivity contribution is 0.426. The lowest BCUT2D eigenvalue weighted by Crippen LogP contribution is -2.29. The van der Waals surface area contributed by atoms with E-state index in [2.05, 4.69) is 5.10 Å². The molecule has 0 radical (unpaired) electrons. The molecule has 0 saturated heterocycles. The first-order valence-electron chi connectivity index (χ1n) is 5.14. The van der Waals surface area contributed by atoms with E-state index in [0.29, 0.717) is 12.0 Å². The summed E-state index contributed by atoms with van der Waals surface area (Å²) >= 11 is 0. The van der Waals surface area contributed by atoms with Crippen molar-refractivity contribution in [3.8, 4) is 0 Å². The maximum absolute atomic E-state index is 11.4. The van der Waals surface area contributed by atoms with Crippen LogP contribution < -0.4 is 11.0 Å². The highest BCUT2D eigenvalue weighted by molar-refractivity contribution is 6.58. The summed E-state index contributed by atoms with van der Waals surface area (Å²) in [7, 11) is -1.47. The SMILES string of the molecule is O=c1cccnn1Cc1ccc(B(O)O)cc1. The Morgan fingerprint density at radius 1 is 1.18 bits per heavy atom. The van der Waals surface area contributed by atoms with Crippen LogP contribution in [0.3, 0.4) is 0 Å². The molecular formula is C11H11BN2O3. The van der Waals surface area contributed by atoms with Crippen LogP contribution in [0.4, 0.5) is 0 Å². The summed E-state index contributed by atoms with van der Waals surface area (Å²) < 4.78 is 1.34. The Morgan fingerprint density at radius 2 is 1.88 bits per heavy atom. The van der Waals surface area contributed by atoms with Crippen molar-refractivity contribution >= 4 is 12.6 Å². The number of hydrogen-bond acceptors (Lipinski definition) is 4. The molecule has 0 unspecified atom stereocenters. The minimum Gasteiger partial charge on any atom is -0.423 e. The maximum Gasteiger partial charge on any atom is 0.488 e. The third kappa shape index (κ3) is 2.80. The molecule has 1 aromatic heterocycles. The molecular weight excluding hydrogens is 219 g/mol. The fourth-order valence-corrected chi connectivity index (χ4v) is 1.47. The van der Waals surface area contributed by atoms with Crippen molar-refractivity contribution in [2.24, 2.45) is 0 Å². The third-order valence-corrected chi connectivity index (χ3v) is 2.40. The third-order valence-electron chi connectivity index (χ3n) is 2.40. The Hall–Kier alpha value is -1.92. The van der Waals surface area contributed by atoms with Crippen LogP contribution >= 0.6 is 0 Å². The lowest BCUT2D eigenvalue weighted by atomic mass is 9.80. The van der Waals surface area contributed by atoms with Gasteiger partial charge < -0.3 is 10.0 Å². The van der Waals surface area contributed by atoms with Gasteiger partial charge >= 0.3 is 7.12 Å². The predicted molar refractivity (Wildman–Crippen MR) is 63.9 cm³/mol. The second-order valence-electron chi connectivity index (χ2n) is 3.63. The highest BCUT2D eigenvalue weighted by atomic mass is 16.4. The van der Waals surface area contributed by atoms with E-state index in [0.717, 1.165) is 5.56 Å². The molecule has 0 aliphatic carbocycles. The molecule has 2 rings (SSSR count). The van der Waals surface area contributed by atoms with Crippen molar-refractivity contribution in [1.29, 1.82) is 0 Å². The van der Waals surface area contributed by atoms with Crippen molar-refractivity contribution < 1.29 is 10.0 Å². The lowest BCUT2D eigenvalue weighted by Gasteiger charge is -2.05. The number of nitrogens with zero attached hydrogens (tertiary/aromatic N) is 2. The van der Waals surface area contributed by atoms with Gasteiger partial charge in [-0.2, -0.15) is 5.10 Å². The van der Waals surface area contributed by atoms with Gasteiger partial charge in [-0.3, -0.25) is 4.79 Å². The van der Waals surface area contributed by atoms with E-state index < -0.39 is 7.12 Å². The Morgan fingerprint density at radius 3 is 2.47 bits per heavy atom. The first-order valence-corrected chi connectivity index (χ1v) is 5.14.